The summed E-state index contributed by atoms with van der Waals surface area (Å²) in [6.07, 6.45) is -0.597. The van der Waals surface area contributed by atoms with Crippen LogP contribution in [0.4, 0.5) is 9.18 Å². The summed E-state index contributed by atoms with van der Waals surface area (Å²) in [7, 11) is 0. The smallest absolute Gasteiger partial charge is 0.408 e. The molecule has 0 spiro atoms. The maximum atomic E-state index is 13.8. The zero-order valence-electron chi connectivity index (χ0n) is 14.0. The van der Waals surface area contributed by atoms with Crippen molar-refractivity contribution in [2.45, 2.75) is 32.4 Å². The van der Waals surface area contributed by atoms with Crippen molar-refractivity contribution in [3.63, 3.8) is 0 Å². The molecule has 1 atom stereocenters. The Labute approximate surface area is 141 Å². The molecule has 0 aliphatic carbocycles. The zero-order valence-corrected chi connectivity index (χ0v) is 14.0. The molecule has 2 aromatic rings. The molecule has 0 unspecified atom stereocenters. The number of alkyl carbamates (subject to hydrolysis) is 1. The Balaban J connectivity index is 2.13. The third kappa shape index (κ3) is 4.80. The topological polar surface area (TPSA) is 58.6 Å². The molecule has 1 amide bonds. The van der Waals surface area contributed by atoms with Crippen LogP contribution in [0.5, 0.6) is 0 Å². The highest BCUT2D eigenvalue weighted by Gasteiger charge is 2.20. The number of aliphatic hydroxyl groups excluding tert-OH is 1. The van der Waals surface area contributed by atoms with Gasteiger partial charge in [-0.3, -0.25) is 0 Å². The van der Waals surface area contributed by atoms with Crippen LogP contribution in [0.1, 0.15) is 32.4 Å². The lowest BCUT2D eigenvalue weighted by Gasteiger charge is -2.23. The van der Waals surface area contributed by atoms with Crippen molar-refractivity contribution in [2.24, 2.45) is 0 Å². The largest absolute Gasteiger partial charge is 0.444 e. The minimum atomic E-state index is -0.612. The highest BCUT2D eigenvalue weighted by atomic mass is 19.1. The third-order valence-corrected chi connectivity index (χ3v) is 3.37. The van der Waals surface area contributed by atoms with Crippen LogP contribution in [0.15, 0.2) is 48.5 Å². The molecular weight excluding hydrogens is 309 g/mol. The van der Waals surface area contributed by atoms with Gasteiger partial charge in [0.15, 0.2) is 0 Å². The predicted octanol–water partition coefficient (Wildman–Crippen LogP) is 4.05. The molecule has 4 nitrogen and oxygen atoms in total. The van der Waals surface area contributed by atoms with E-state index in [0.717, 1.165) is 5.56 Å². The van der Waals surface area contributed by atoms with Gasteiger partial charge in [-0.1, -0.05) is 42.5 Å². The first-order valence-electron chi connectivity index (χ1n) is 7.75. The van der Waals surface area contributed by atoms with E-state index in [9.17, 15) is 14.3 Å². The molecule has 0 bridgehead atoms. The number of carbonyl (C=O) groups is 1. The van der Waals surface area contributed by atoms with Gasteiger partial charge in [0.2, 0.25) is 0 Å². The van der Waals surface area contributed by atoms with Gasteiger partial charge < -0.3 is 15.2 Å². The van der Waals surface area contributed by atoms with Crippen molar-refractivity contribution in [1.29, 1.82) is 0 Å². The zero-order chi connectivity index (χ0) is 17.7. The van der Waals surface area contributed by atoms with Gasteiger partial charge in [0.25, 0.3) is 0 Å². The summed E-state index contributed by atoms with van der Waals surface area (Å²) in [6.45, 7) is 5.04. The van der Waals surface area contributed by atoms with Gasteiger partial charge in [0, 0.05) is 5.56 Å². The quantitative estimate of drug-likeness (QED) is 0.888. The SMILES string of the molecule is CC(C)(C)OC(=O)N[C@@H](CO)c1ccc(-c2ccccc2F)cc1. The molecule has 0 saturated heterocycles. The lowest BCUT2D eigenvalue weighted by molar-refractivity contribution is 0.0482. The minimum Gasteiger partial charge on any atom is -0.444 e. The van der Waals surface area contributed by atoms with Crippen LogP contribution < -0.4 is 5.32 Å². The third-order valence-electron chi connectivity index (χ3n) is 3.37. The van der Waals surface area contributed by atoms with Crippen molar-refractivity contribution in [2.75, 3.05) is 6.61 Å². The van der Waals surface area contributed by atoms with Gasteiger partial charge in [-0.05, 0) is 38.0 Å². The molecule has 0 aliphatic heterocycles. The van der Waals surface area contributed by atoms with Gasteiger partial charge >= 0.3 is 6.09 Å². The fourth-order valence-electron chi connectivity index (χ4n) is 2.27. The van der Waals surface area contributed by atoms with Crippen LogP contribution in [-0.2, 0) is 4.74 Å². The molecule has 0 fully saturated rings. The lowest BCUT2D eigenvalue weighted by Crippen LogP contribution is -2.36. The van der Waals surface area contributed by atoms with Crippen LogP contribution in [0, 0.1) is 5.82 Å². The van der Waals surface area contributed by atoms with E-state index in [1.807, 2.05) is 0 Å². The number of ether oxygens (including phenoxy) is 1. The summed E-state index contributed by atoms with van der Waals surface area (Å²) >= 11 is 0. The van der Waals surface area contributed by atoms with Gasteiger partial charge in [-0.2, -0.15) is 0 Å². The van der Waals surface area contributed by atoms with Gasteiger partial charge in [-0.15, -0.1) is 0 Å². The van der Waals surface area contributed by atoms with Crippen LogP contribution in [0.3, 0.4) is 0 Å². The Kier molecular flexibility index (Phi) is 5.57. The molecule has 0 aromatic heterocycles. The number of aliphatic hydroxyl groups is 1. The van der Waals surface area contributed by atoms with Crippen LogP contribution in [0.2, 0.25) is 0 Å². The van der Waals surface area contributed by atoms with E-state index in [2.05, 4.69) is 5.32 Å². The van der Waals surface area contributed by atoms with E-state index < -0.39 is 17.7 Å². The Morgan fingerprint density at radius 2 is 1.79 bits per heavy atom. The monoisotopic (exact) mass is 331 g/mol. The first-order valence-corrected chi connectivity index (χ1v) is 7.75. The van der Waals surface area contributed by atoms with Crippen molar-refractivity contribution in [3.05, 3.63) is 59.9 Å². The first-order chi connectivity index (χ1) is 11.3. The van der Waals surface area contributed by atoms with Gasteiger partial charge in [0.05, 0.1) is 12.6 Å². The number of carbonyl (C=O) groups excluding carboxylic acids is 1. The maximum absolute atomic E-state index is 13.8. The van der Waals surface area contributed by atoms with Crippen molar-refractivity contribution >= 4 is 6.09 Å². The van der Waals surface area contributed by atoms with E-state index >= 15 is 0 Å². The molecule has 0 saturated carbocycles. The molecule has 2 aromatic carbocycles. The average molecular weight is 331 g/mol. The molecule has 0 aliphatic rings. The van der Waals surface area contributed by atoms with E-state index in [4.69, 9.17) is 4.74 Å². The highest BCUT2D eigenvalue weighted by Crippen LogP contribution is 2.24. The molecule has 2 rings (SSSR count). The number of nitrogens with one attached hydrogen (secondary N) is 1. The minimum absolute atomic E-state index is 0.266. The van der Waals surface area contributed by atoms with Crippen LogP contribution in [-0.4, -0.2) is 23.4 Å². The van der Waals surface area contributed by atoms with E-state index in [-0.39, 0.29) is 12.4 Å². The number of hydrogen-bond acceptors (Lipinski definition) is 3. The summed E-state index contributed by atoms with van der Waals surface area (Å²) in [4.78, 5) is 11.8. The van der Waals surface area contributed by atoms with Gasteiger partial charge in [0.1, 0.15) is 11.4 Å². The normalized spacial score (nSPS) is 12.5. The molecule has 0 radical (unpaired) electrons. The van der Waals surface area contributed by atoms with E-state index in [1.165, 1.54) is 6.07 Å². The van der Waals surface area contributed by atoms with Crippen molar-refractivity contribution < 1.29 is 19.0 Å². The Bertz CT molecular complexity index is 693. The summed E-state index contributed by atoms with van der Waals surface area (Å²) in [6, 6.07) is 12.9. The fourth-order valence-corrected chi connectivity index (χ4v) is 2.27. The molecule has 2 N–H and O–H groups in total. The van der Waals surface area contributed by atoms with Gasteiger partial charge in [-0.25, -0.2) is 9.18 Å². The Morgan fingerprint density at radius 1 is 1.17 bits per heavy atom. The number of hydrogen-bond donors (Lipinski definition) is 2. The Morgan fingerprint density at radius 3 is 2.33 bits per heavy atom. The highest BCUT2D eigenvalue weighted by molar-refractivity contribution is 5.69. The predicted molar refractivity (Wildman–Crippen MR) is 91.0 cm³/mol. The Hall–Kier alpha value is -2.40. The summed E-state index contributed by atoms with van der Waals surface area (Å²) < 4.78 is 19.0. The summed E-state index contributed by atoms with van der Waals surface area (Å²) in [5.74, 6) is -0.296. The van der Waals surface area contributed by atoms with E-state index in [1.54, 1.807) is 63.2 Å². The fraction of sp³-hybridized carbons (Fsp3) is 0.316. The maximum Gasteiger partial charge on any atom is 0.408 e. The summed E-state index contributed by atoms with van der Waals surface area (Å²) in [5, 5.41) is 12.2. The molecule has 128 valence electrons. The summed E-state index contributed by atoms with van der Waals surface area (Å²) in [5.41, 5.74) is 1.33. The number of rotatable bonds is 4. The number of amides is 1. The van der Waals surface area contributed by atoms with Crippen molar-refractivity contribution in [3.8, 4) is 11.1 Å². The van der Waals surface area contributed by atoms with Crippen LogP contribution >= 0.6 is 0 Å². The molecule has 0 heterocycles. The number of benzene rings is 2. The molecule has 24 heavy (non-hydrogen) atoms. The van der Waals surface area contributed by atoms with Crippen LogP contribution in [0.25, 0.3) is 11.1 Å². The van der Waals surface area contributed by atoms with E-state index in [0.29, 0.717) is 11.1 Å². The number of halogens is 1. The van der Waals surface area contributed by atoms with Crippen molar-refractivity contribution in [1.82, 2.24) is 5.32 Å². The second-order valence-electron chi connectivity index (χ2n) is 6.48. The average Bonchev–Trinajstić information content (AvgIpc) is 2.52. The second-order valence-corrected chi connectivity index (χ2v) is 6.48. The lowest BCUT2D eigenvalue weighted by atomic mass is 10.0. The first kappa shape index (κ1) is 17.9. The second kappa shape index (κ2) is 7.45. The molecule has 5 heteroatoms. The standard InChI is InChI=1S/C19H22FNO3/c1-19(2,3)24-18(23)21-17(12-22)14-10-8-13(9-11-14)15-6-4-5-7-16(15)20/h4-11,17,22H,12H2,1-3H3,(H,21,23)/t17-/m0/s1. The molecular formula is C19H22FNO3.